The molecule has 3 nitrogen and oxygen atoms in total. The fourth-order valence-corrected chi connectivity index (χ4v) is 3.46. The fourth-order valence-electron chi connectivity index (χ4n) is 3.46. The number of benzene rings is 1. The van der Waals surface area contributed by atoms with E-state index in [9.17, 15) is 4.79 Å². The molecule has 1 saturated heterocycles. The summed E-state index contributed by atoms with van der Waals surface area (Å²) in [5, 5.41) is 0. The van der Waals surface area contributed by atoms with Crippen LogP contribution in [0.4, 0.5) is 0 Å². The van der Waals surface area contributed by atoms with Gasteiger partial charge in [0.15, 0.2) is 0 Å². The zero-order chi connectivity index (χ0) is 13.8. The van der Waals surface area contributed by atoms with E-state index in [4.69, 9.17) is 4.74 Å². The quantitative estimate of drug-likeness (QED) is 0.736. The first-order valence-electron chi connectivity index (χ1n) is 7.82. The molecule has 0 bridgehead atoms. The Balaban J connectivity index is 1.80. The Morgan fingerprint density at radius 1 is 1.15 bits per heavy atom. The standard InChI is InChI=1S/C17H23NO2/c19-13-14-5-8-17-15(12-14)6-7-16-4-1-2-9-18(16)10-3-11-20-17/h5,8,12-13,16H,1-4,6-7,9-11H2. The van der Waals surface area contributed by atoms with Crippen molar-refractivity contribution in [2.24, 2.45) is 0 Å². The van der Waals surface area contributed by atoms with E-state index in [1.807, 2.05) is 18.2 Å². The molecule has 108 valence electrons. The largest absolute Gasteiger partial charge is 0.493 e. The molecule has 3 heteroatoms. The minimum atomic E-state index is 0.717. The molecule has 1 fully saturated rings. The second kappa shape index (κ2) is 6.40. The van der Waals surface area contributed by atoms with E-state index in [1.54, 1.807) is 0 Å². The molecular weight excluding hydrogens is 250 g/mol. The minimum absolute atomic E-state index is 0.717. The average molecular weight is 273 g/mol. The van der Waals surface area contributed by atoms with Crippen LogP contribution in [0, 0.1) is 0 Å². The van der Waals surface area contributed by atoms with Crippen LogP contribution in [-0.4, -0.2) is 36.9 Å². The van der Waals surface area contributed by atoms with Gasteiger partial charge in [0, 0.05) is 18.2 Å². The summed E-state index contributed by atoms with van der Waals surface area (Å²) in [6.07, 6.45) is 8.22. The molecule has 20 heavy (non-hydrogen) atoms. The van der Waals surface area contributed by atoms with Crippen molar-refractivity contribution in [3.8, 4) is 5.75 Å². The van der Waals surface area contributed by atoms with E-state index in [0.29, 0.717) is 0 Å². The van der Waals surface area contributed by atoms with Gasteiger partial charge in [-0.05, 0) is 62.4 Å². The molecule has 1 unspecified atom stereocenters. The minimum Gasteiger partial charge on any atom is -0.493 e. The zero-order valence-electron chi connectivity index (χ0n) is 12.0. The molecule has 0 spiro atoms. The SMILES string of the molecule is O=Cc1ccc2c(c1)CCC1CCCCN1CCCO2. The molecule has 2 heterocycles. The topological polar surface area (TPSA) is 29.5 Å². The maximum Gasteiger partial charge on any atom is 0.150 e. The van der Waals surface area contributed by atoms with Gasteiger partial charge in [0.2, 0.25) is 0 Å². The van der Waals surface area contributed by atoms with Crippen molar-refractivity contribution in [2.45, 2.75) is 44.6 Å². The van der Waals surface area contributed by atoms with Crippen molar-refractivity contribution in [1.29, 1.82) is 0 Å². The Bertz CT molecular complexity index is 472. The summed E-state index contributed by atoms with van der Waals surface area (Å²) in [7, 11) is 0. The van der Waals surface area contributed by atoms with Gasteiger partial charge in [-0.3, -0.25) is 4.79 Å². The number of aldehydes is 1. The maximum atomic E-state index is 10.9. The van der Waals surface area contributed by atoms with Crippen molar-refractivity contribution in [1.82, 2.24) is 4.90 Å². The summed E-state index contributed by atoms with van der Waals surface area (Å²) >= 11 is 0. The number of fused-ring (bicyclic) bond motifs is 2. The Morgan fingerprint density at radius 2 is 2.05 bits per heavy atom. The van der Waals surface area contributed by atoms with Gasteiger partial charge in [-0.2, -0.15) is 0 Å². The Labute approximate surface area is 120 Å². The normalized spacial score (nSPS) is 24.1. The Kier molecular flexibility index (Phi) is 4.36. The molecule has 0 amide bonds. The molecule has 0 aromatic heterocycles. The molecule has 0 saturated carbocycles. The van der Waals surface area contributed by atoms with Crippen molar-refractivity contribution in [3.05, 3.63) is 29.3 Å². The van der Waals surface area contributed by atoms with Crippen molar-refractivity contribution in [2.75, 3.05) is 19.7 Å². The van der Waals surface area contributed by atoms with E-state index in [-0.39, 0.29) is 0 Å². The number of piperidine rings is 1. The van der Waals surface area contributed by atoms with Crippen LogP contribution in [0.5, 0.6) is 5.75 Å². The van der Waals surface area contributed by atoms with E-state index in [0.717, 1.165) is 49.6 Å². The number of aryl methyl sites for hydroxylation is 1. The van der Waals surface area contributed by atoms with E-state index < -0.39 is 0 Å². The monoisotopic (exact) mass is 273 g/mol. The summed E-state index contributed by atoms with van der Waals surface area (Å²) in [5.74, 6) is 0.972. The van der Waals surface area contributed by atoms with Gasteiger partial charge < -0.3 is 9.64 Å². The first kappa shape index (κ1) is 13.6. The van der Waals surface area contributed by atoms with Crippen LogP contribution in [0.3, 0.4) is 0 Å². The number of hydrogen-bond donors (Lipinski definition) is 0. The first-order chi connectivity index (χ1) is 9.86. The van der Waals surface area contributed by atoms with Crippen molar-refractivity contribution in [3.63, 3.8) is 0 Å². The molecule has 1 atom stereocenters. The highest BCUT2D eigenvalue weighted by molar-refractivity contribution is 5.75. The molecule has 2 aliphatic heterocycles. The van der Waals surface area contributed by atoms with Crippen molar-refractivity contribution >= 4 is 6.29 Å². The summed E-state index contributed by atoms with van der Waals surface area (Å²) < 4.78 is 5.90. The molecule has 0 radical (unpaired) electrons. The molecule has 2 aliphatic rings. The van der Waals surface area contributed by atoms with Crippen LogP contribution in [0.1, 0.15) is 48.0 Å². The summed E-state index contributed by atoms with van der Waals surface area (Å²) in [5.41, 5.74) is 1.95. The van der Waals surface area contributed by atoms with Crippen LogP contribution < -0.4 is 4.74 Å². The fraction of sp³-hybridized carbons (Fsp3) is 0.588. The molecule has 0 N–H and O–H groups in total. The second-order valence-electron chi connectivity index (χ2n) is 5.91. The summed E-state index contributed by atoms with van der Waals surface area (Å²) in [4.78, 5) is 13.6. The predicted molar refractivity (Wildman–Crippen MR) is 79.5 cm³/mol. The van der Waals surface area contributed by atoms with Gasteiger partial charge in [-0.15, -0.1) is 0 Å². The number of nitrogens with zero attached hydrogens (tertiary/aromatic N) is 1. The van der Waals surface area contributed by atoms with Crippen LogP contribution in [0.25, 0.3) is 0 Å². The lowest BCUT2D eigenvalue weighted by Gasteiger charge is -2.36. The second-order valence-corrected chi connectivity index (χ2v) is 5.91. The molecular formula is C17H23NO2. The smallest absolute Gasteiger partial charge is 0.150 e. The predicted octanol–water partition coefficient (Wildman–Crippen LogP) is 3.07. The zero-order valence-corrected chi connectivity index (χ0v) is 12.0. The maximum absolute atomic E-state index is 10.9. The van der Waals surface area contributed by atoms with E-state index in [1.165, 1.54) is 37.8 Å². The molecule has 1 aromatic carbocycles. The molecule has 0 aliphatic carbocycles. The number of rotatable bonds is 1. The van der Waals surface area contributed by atoms with Gasteiger partial charge in [0.1, 0.15) is 12.0 Å². The van der Waals surface area contributed by atoms with Crippen LogP contribution in [0.15, 0.2) is 18.2 Å². The van der Waals surface area contributed by atoms with Crippen LogP contribution >= 0.6 is 0 Å². The van der Waals surface area contributed by atoms with Gasteiger partial charge in [0.05, 0.1) is 6.61 Å². The lowest BCUT2D eigenvalue weighted by molar-refractivity contribution is 0.112. The lowest BCUT2D eigenvalue weighted by Crippen LogP contribution is -2.41. The number of hydrogen-bond acceptors (Lipinski definition) is 3. The highest BCUT2D eigenvalue weighted by Gasteiger charge is 2.23. The van der Waals surface area contributed by atoms with Gasteiger partial charge in [-0.1, -0.05) is 6.42 Å². The van der Waals surface area contributed by atoms with Crippen LogP contribution in [0.2, 0.25) is 0 Å². The summed E-state index contributed by atoms with van der Waals surface area (Å²) in [6.45, 7) is 3.18. The van der Waals surface area contributed by atoms with E-state index >= 15 is 0 Å². The van der Waals surface area contributed by atoms with Crippen LogP contribution in [-0.2, 0) is 6.42 Å². The van der Waals surface area contributed by atoms with Gasteiger partial charge in [0.25, 0.3) is 0 Å². The Hall–Kier alpha value is -1.35. The van der Waals surface area contributed by atoms with Crippen molar-refractivity contribution < 1.29 is 9.53 Å². The van der Waals surface area contributed by atoms with E-state index in [2.05, 4.69) is 4.90 Å². The third kappa shape index (κ3) is 3.04. The number of carbonyl (C=O) groups is 1. The number of ether oxygens (including phenoxy) is 1. The third-order valence-corrected chi connectivity index (χ3v) is 4.56. The lowest BCUT2D eigenvalue weighted by atomic mass is 9.94. The first-order valence-corrected chi connectivity index (χ1v) is 7.82. The third-order valence-electron chi connectivity index (χ3n) is 4.56. The average Bonchev–Trinajstić information content (AvgIpc) is 2.51. The summed E-state index contributed by atoms with van der Waals surface area (Å²) in [6, 6.07) is 6.52. The Morgan fingerprint density at radius 3 is 2.95 bits per heavy atom. The highest BCUT2D eigenvalue weighted by atomic mass is 16.5. The van der Waals surface area contributed by atoms with Gasteiger partial charge >= 0.3 is 0 Å². The highest BCUT2D eigenvalue weighted by Crippen LogP contribution is 2.27. The van der Waals surface area contributed by atoms with Gasteiger partial charge in [-0.25, -0.2) is 0 Å². The molecule has 1 aromatic rings. The number of carbonyl (C=O) groups excluding carboxylic acids is 1. The molecule has 3 rings (SSSR count).